The van der Waals surface area contributed by atoms with E-state index < -0.39 is 27.6 Å². The molecule has 1 aromatic carbocycles. The smallest absolute Gasteiger partial charge is 0.263 e. The highest BCUT2D eigenvalue weighted by Gasteiger charge is 2.30. The van der Waals surface area contributed by atoms with Gasteiger partial charge in [0.1, 0.15) is 11.6 Å². The number of alkyl halides is 3. The van der Waals surface area contributed by atoms with E-state index in [1.54, 1.807) is 0 Å². The number of nitrogens with zero attached hydrogens (tertiary/aromatic N) is 3. The molecule has 6 nitrogen and oxygen atoms in total. The van der Waals surface area contributed by atoms with Crippen LogP contribution < -0.4 is 4.72 Å². The fourth-order valence-electron chi connectivity index (χ4n) is 2.83. The number of aromatic nitrogens is 3. The Kier molecular flexibility index (Phi) is 5.10. The van der Waals surface area contributed by atoms with Gasteiger partial charge >= 0.3 is 6.18 Å². The van der Waals surface area contributed by atoms with Crippen LogP contribution >= 0.6 is 11.6 Å². The molecular formula is C19H11ClF4N4O2S. The number of hydrogen-bond acceptors (Lipinski definition) is 4. The third-order valence-electron chi connectivity index (χ3n) is 4.30. The van der Waals surface area contributed by atoms with Crippen molar-refractivity contribution >= 4 is 33.0 Å². The fraction of sp³-hybridized carbons (Fsp3) is 0.0526. The van der Waals surface area contributed by atoms with Gasteiger partial charge in [0.15, 0.2) is 0 Å². The van der Waals surface area contributed by atoms with Crippen LogP contribution in [-0.2, 0) is 16.2 Å². The Labute approximate surface area is 178 Å². The number of rotatable bonds is 4. The molecule has 0 amide bonds. The van der Waals surface area contributed by atoms with Crippen LogP contribution in [0, 0.1) is 5.82 Å². The number of fused-ring (bicyclic) bond motifs is 1. The second-order valence-electron chi connectivity index (χ2n) is 6.41. The lowest BCUT2D eigenvalue weighted by Gasteiger charge is -2.11. The summed E-state index contributed by atoms with van der Waals surface area (Å²) in [6.07, 6.45) is -2.18. The normalized spacial score (nSPS) is 12.3. The van der Waals surface area contributed by atoms with Gasteiger partial charge in [-0.05, 0) is 48.5 Å². The van der Waals surface area contributed by atoms with Gasteiger partial charge in [0.25, 0.3) is 10.0 Å². The SMILES string of the molecule is O=S(=O)(Nc1ccc(Cl)c2cc(-c3cncc(F)c3)nn12)c1ccc(C(F)(F)F)cc1. The first-order valence-electron chi connectivity index (χ1n) is 8.54. The van der Waals surface area contributed by atoms with Crippen LogP contribution in [0.2, 0.25) is 5.02 Å². The van der Waals surface area contributed by atoms with Gasteiger partial charge in [0.05, 0.1) is 32.9 Å². The van der Waals surface area contributed by atoms with E-state index in [1.165, 1.54) is 35.0 Å². The molecule has 4 aromatic rings. The van der Waals surface area contributed by atoms with Crippen LogP contribution in [0.5, 0.6) is 0 Å². The molecule has 0 fully saturated rings. The lowest BCUT2D eigenvalue weighted by Crippen LogP contribution is -2.16. The molecule has 0 saturated carbocycles. The molecule has 0 unspecified atom stereocenters. The van der Waals surface area contributed by atoms with Crippen LogP contribution in [0.4, 0.5) is 23.4 Å². The van der Waals surface area contributed by atoms with Gasteiger partial charge in [0, 0.05) is 11.8 Å². The van der Waals surface area contributed by atoms with Crippen LogP contribution in [0.3, 0.4) is 0 Å². The predicted octanol–water partition coefficient (Wildman–Crippen LogP) is 5.01. The molecule has 3 heterocycles. The van der Waals surface area contributed by atoms with Gasteiger partial charge in [-0.1, -0.05) is 11.6 Å². The maximum Gasteiger partial charge on any atom is 0.416 e. The van der Waals surface area contributed by atoms with Crippen molar-refractivity contribution in [3.05, 3.63) is 77.3 Å². The molecule has 0 spiro atoms. The Bertz CT molecular complexity index is 1390. The highest BCUT2D eigenvalue weighted by molar-refractivity contribution is 7.92. The zero-order valence-electron chi connectivity index (χ0n) is 15.2. The number of anilines is 1. The van der Waals surface area contributed by atoms with Crippen molar-refractivity contribution in [3.8, 4) is 11.3 Å². The van der Waals surface area contributed by atoms with E-state index in [-0.39, 0.29) is 21.4 Å². The highest BCUT2D eigenvalue weighted by atomic mass is 35.5. The van der Waals surface area contributed by atoms with E-state index in [4.69, 9.17) is 11.6 Å². The van der Waals surface area contributed by atoms with Crippen molar-refractivity contribution in [2.24, 2.45) is 0 Å². The molecule has 31 heavy (non-hydrogen) atoms. The summed E-state index contributed by atoms with van der Waals surface area (Å²) >= 11 is 6.18. The largest absolute Gasteiger partial charge is 0.416 e. The Morgan fingerprint density at radius 2 is 1.71 bits per heavy atom. The number of nitrogens with one attached hydrogen (secondary N) is 1. The maximum atomic E-state index is 13.5. The second-order valence-corrected chi connectivity index (χ2v) is 8.50. The standard InChI is InChI=1S/C19H11ClF4N4O2S/c20-15-5-6-18(27-31(29,30)14-3-1-12(2-4-14)19(22,23)24)28-17(15)8-16(26-28)11-7-13(21)10-25-9-11/h1-10,27H. The van der Waals surface area contributed by atoms with E-state index in [9.17, 15) is 26.0 Å². The molecule has 160 valence electrons. The van der Waals surface area contributed by atoms with E-state index in [2.05, 4.69) is 14.8 Å². The van der Waals surface area contributed by atoms with Crippen molar-refractivity contribution in [2.75, 3.05) is 4.72 Å². The third-order valence-corrected chi connectivity index (χ3v) is 5.99. The third kappa shape index (κ3) is 4.19. The maximum absolute atomic E-state index is 13.5. The number of benzene rings is 1. The molecule has 1 N–H and O–H groups in total. The molecule has 0 bridgehead atoms. The summed E-state index contributed by atoms with van der Waals surface area (Å²) in [4.78, 5) is 3.38. The molecule has 0 atom stereocenters. The molecule has 0 aliphatic heterocycles. The van der Waals surface area contributed by atoms with Crippen molar-refractivity contribution in [1.29, 1.82) is 0 Å². The average molecular weight is 471 g/mol. The molecule has 0 saturated heterocycles. The van der Waals surface area contributed by atoms with Crippen molar-refractivity contribution < 1.29 is 26.0 Å². The summed E-state index contributed by atoms with van der Waals surface area (Å²) in [6.45, 7) is 0. The summed E-state index contributed by atoms with van der Waals surface area (Å²) in [5, 5.41) is 4.51. The molecule has 0 radical (unpaired) electrons. The lowest BCUT2D eigenvalue weighted by molar-refractivity contribution is -0.137. The number of sulfonamides is 1. The first-order valence-corrected chi connectivity index (χ1v) is 10.4. The van der Waals surface area contributed by atoms with Crippen molar-refractivity contribution in [1.82, 2.24) is 14.6 Å². The van der Waals surface area contributed by atoms with Gasteiger partial charge in [-0.15, -0.1) is 0 Å². The first kappa shape index (κ1) is 21.1. The van der Waals surface area contributed by atoms with Crippen LogP contribution in [0.25, 0.3) is 16.8 Å². The zero-order valence-corrected chi connectivity index (χ0v) is 16.8. The fourth-order valence-corrected chi connectivity index (χ4v) is 4.07. The van der Waals surface area contributed by atoms with E-state index >= 15 is 0 Å². The van der Waals surface area contributed by atoms with E-state index in [0.29, 0.717) is 23.2 Å². The van der Waals surface area contributed by atoms with Gasteiger partial charge in [-0.2, -0.15) is 18.3 Å². The Morgan fingerprint density at radius 3 is 2.35 bits per heavy atom. The quantitative estimate of drug-likeness (QED) is 0.425. The van der Waals surface area contributed by atoms with Gasteiger partial charge in [-0.3, -0.25) is 9.71 Å². The minimum Gasteiger partial charge on any atom is -0.263 e. The van der Waals surface area contributed by atoms with Crippen LogP contribution in [0.15, 0.2) is 65.8 Å². The highest BCUT2D eigenvalue weighted by Crippen LogP contribution is 2.31. The number of pyridine rings is 2. The van der Waals surface area contributed by atoms with Crippen LogP contribution in [-0.4, -0.2) is 23.0 Å². The second kappa shape index (κ2) is 7.50. The van der Waals surface area contributed by atoms with E-state index in [1.807, 2.05) is 0 Å². The predicted molar refractivity (Wildman–Crippen MR) is 106 cm³/mol. The first-order chi connectivity index (χ1) is 14.5. The van der Waals surface area contributed by atoms with Gasteiger partial charge in [-0.25, -0.2) is 17.3 Å². The van der Waals surface area contributed by atoms with Gasteiger partial charge < -0.3 is 0 Å². The van der Waals surface area contributed by atoms with Crippen molar-refractivity contribution in [3.63, 3.8) is 0 Å². The summed E-state index contributed by atoms with van der Waals surface area (Å²) in [5.74, 6) is -0.598. The summed E-state index contributed by atoms with van der Waals surface area (Å²) in [6, 6.07) is 8.55. The average Bonchev–Trinajstić information content (AvgIpc) is 3.16. The summed E-state index contributed by atoms with van der Waals surface area (Å²) < 4.78 is 80.5. The van der Waals surface area contributed by atoms with E-state index in [0.717, 1.165) is 18.3 Å². The molecule has 12 heteroatoms. The molecule has 4 rings (SSSR count). The van der Waals surface area contributed by atoms with Crippen LogP contribution in [0.1, 0.15) is 5.56 Å². The molecule has 0 aliphatic carbocycles. The minimum atomic E-state index is -4.59. The summed E-state index contributed by atoms with van der Waals surface area (Å²) in [5.41, 5.74) is -0.0132. The molecule has 3 aromatic heterocycles. The van der Waals surface area contributed by atoms with Crippen molar-refractivity contribution in [2.45, 2.75) is 11.1 Å². The lowest BCUT2D eigenvalue weighted by atomic mass is 10.2. The summed E-state index contributed by atoms with van der Waals surface area (Å²) in [7, 11) is -4.24. The minimum absolute atomic E-state index is 0.0186. The number of hydrogen-bond donors (Lipinski definition) is 1. The monoisotopic (exact) mass is 470 g/mol. The molecular weight excluding hydrogens is 460 g/mol. The Morgan fingerprint density at radius 1 is 1.00 bits per heavy atom. The molecule has 0 aliphatic rings. The Balaban J connectivity index is 1.73. The zero-order chi connectivity index (χ0) is 22.4. The number of halogens is 5. The van der Waals surface area contributed by atoms with Gasteiger partial charge in [0.2, 0.25) is 0 Å². The Hall–Kier alpha value is -3.18. The topological polar surface area (TPSA) is 76.4 Å².